The Hall–Kier alpha value is -0.340. The number of nitrogens with zero attached hydrogens (tertiary/aromatic N) is 1. The van der Waals surface area contributed by atoms with Gasteiger partial charge in [0.1, 0.15) is 0 Å². The number of piperidine rings is 1. The van der Waals surface area contributed by atoms with Gasteiger partial charge >= 0.3 is 0 Å². The van der Waals surface area contributed by atoms with Gasteiger partial charge in [-0.05, 0) is 56.5 Å². The minimum atomic E-state index is 0.473. The summed E-state index contributed by atoms with van der Waals surface area (Å²) < 4.78 is 0. The Kier molecular flexibility index (Phi) is 2.57. The maximum atomic E-state index is 5.93. The number of hydrogen-bond acceptors (Lipinski definition) is 2. The number of allylic oxidation sites excluding steroid dienone is 2. The van der Waals surface area contributed by atoms with E-state index in [1.54, 1.807) is 0 Å². The van der Waals surface area contributed by atoms with Gasteiger partial charge in [-0.1, -0.05) is 12.2 Å². The van der Waals surface area contributed by atoms with Gasteiger partial charge in [0.05, 0.1) is 0 Å². The molecule has 0 aromatic heterocycles. The van der Waals surface area contributed by atoms with Crippen LogP contribution in [0.5, 0.6) is 0 Å². The number of nitrogens with two attached hydrogens (primary N) is 1. The normalized spacial score (nSPS) is 41.5. The van der Waals surface area contributed by atoms with Crippen molar-refractivity contribution in [2.45, 2.75) is 31.7 Å². The van der Waals surface area contributed by atoms with Crippen LogP contribution in [0.25, 0.3) is 0 Å². The van der Waals surface area contributed by atoms with Crippen LogP contribution in [0.3, 0.4) is 0 Å². The average Bonchev–Trinajstić information content (AvgIpc) is 2.83. The summed E-state index contributed by atoms with van der Waals surface area (Å²) in [5.41, 5.74) is 5.93. The zero-order valence-corrected chi connectivity index (χ0v) is 9.44. The van der Waals surface area contributed by atoms with Crippen molar-refractivity contribution < 1.29 is 0 Å². The van der Waals surface area contributed by atoms with Gasteiger partial charge in [0.25, 0.3) is 0 Å². The van der Waals surface area contributed by atoms with E-state index in [0.717, 1.165) is 17.8 Å². The van der Waals surface area contributed by atoms with Gasteiger partial charge in [-0.2, -0.15) is 0 Å². The summed E-state index contributed by atoms with van der Waals surface area (Å²) in [4.78, 5) is 2.64. The highest BCUT2D eigenvalue weighted by Crippen LogP contribution is 2.43. The molecule has 3 rings (SSSR count). The molecule has 1 heterocycles. The van der Waals surface area contributed by atoms with Crippen molar-refractivity contribution in [3.63, 3.8) is 0 Å². The molecular weight excluding hydrogens is 184 g/mol. The van der Waals surface area contributed by atoms with Crippen LogP contribution in [0.2, 0.25) is 0 Å². The monoisotopic (exact) mass is 206 g/mol. The van der Waals surface area contributed by atoms with Crippen LogP contribution >= 0.6 is 0 Å². The molecule has 0 radical (unpaired) electrons. The molecule has 0 spiro atoms. The van der Waals surface area contributed by atoms with Gasteiger partial charge in [0, 0.05) is 12.6 Å². The van der Waals surface area contributed by atoms with Crippen molar-refractivity contribution in [2.24, 2.45) is 23.5 Å². The first-order valence-corrected chi connectivity index (χ1v) is 6.47. The van der Waals surface area contributed by atoms with E-state index < -0.39 is 0 Å². The zero-order valence-electron chi connectivity index (χ0n) is 9.44. The first-order chi connectivity index (χ1) is 7.31. The lowest BCUT2D eigenvalue weighted by Crippen LogP contribution is -2.42. The van der Waals surface area contributed by atoms with Crippen LogP contribution < -0.4 is 5.73 Å². The molecule has 0 aromatic carbocycles. The molecule has 2 heteroatoms. The highest BCUT2D eigenvalue weighted by atomic mass is 15.1. The van der Waals surface area contributed by atoms with Crippen molar-refractivity contribution in [3.05, 3.63) is 12.2 Å². The van der Waals surface area contributed by atoms with Crippen molar-refractivity contribution in [1.82, 2.24) is 4.90 Å². The predicted molar refractivity (Wildman–Crippen MR) is 62.5 cm³/mol. The number of rotatable bonds is 2. The molecule has 1 saturated heterocycles. The second kappa shape index (κ2) is 3.91. The molecule has 3 aliphatic rings. The molecule has 1 saturated carbocycles. The van der Waals surface area contributed by atoms with Crippen molar-refractivity contribution in [3.8, 4) is 0 Å². The van der Waals surface area contributed by atoms with Crippen LogP contribution in [0.4, 0.5) is 0 Å². The molecule has 1 aliphatic heterocycles. The van der Waals surface area contributed by atoms with E-state index in [1.807, 2.05) is 0 Å². The van der Waals surface area contributed by atoms with E-state index in [4.69, 9.17) is 5.73 Å². The van der Waals surface area contributed by atoms with Crippen molar-refractivity contribution >= 4 is 0 Å². The molecule has 2 fully saturated rings. The van der Waals surface area contributed by atoms with Crippen LogP contribution in [-0.2, 0) is 0 Å². The number of fused-ring (bicyclic) bond motifs is 2. The third-order valence-electron chi connectivity index (χ3n) is 4.54. The Morgan fingerprint density at radius 2 is 1.93 bits per heavy atom. The van der Waals surface area contributed by atoms with E-state index in [-0.39, 0.29) is 0 Å². The summed E-state index contributed by atoms with van der Waals surface area (Å²) in [5.74, 6) is 2.78. The van der Waals surface area contributed by atoms with Gasteiger partial charge < -0.3 is 10.6 Å². The van der Waals surface area contributed by atoms with Gasteiger partial charge in [0.15, 0.2) is 0 Å². The maximum absolute atomic E-state index is 5.93. The largest absolute Gasteiger partial charge is 0.328 e. The third-order valence-corrected chi connectivity index (χ3v) is 4.54. The molecule has 2 bridgehead atoms. The highest BCUT2D eigenvalue weighted by molar-refractivity contribution is 5.10. The Morgan fingerprint density at radius 3 is 2.53 bits per heavy atom. The Bertz CT molecular complexity index is 253. The lowest BCUT2D eigenvalue weighted by molar-refractivity contribution is 0.173. The summed E-state index contributed by atoms with van der Waals surface area (Å²) in [6, 6.07) is 0.473. The molecule has 15 heavy (non-hydrogen) atoms. The van der Waals surface area contributed by atoms with Crippen LogP contribution in [0, 0.1) is 17.8 Å². The molecule has 0 amide bonds. The lowest BCUT2D eigenvalue weighted by Gasteiger charge is -2.33. The van der Waals surface area contributed by atoms with E-state index in [9.17, 15) is 0 Å². The third kappa shape index (κ3) is 1.98. The van der Waals surface area contributed by atoms with Gasteiger partial charge in [-0.3, -0.25) is 0 Å². The second-order valence-corrected chi connectivity index (χ2v) is 5.68. The smallest absolute Gasteiger partial charge is 0.00631 e. The maximum Gasteiger partial charge on any atom is 0.00631 e. The van der Waals surface area contributed by atoms with Crippen molar-refractivity contribution in [2.75, 3.05) is 19.6 Å². The Morgan fingerprint density at radius 1 is 1.13 bits per heavy atom. The van der Waals surface area contributed by atoms with Gasteiger partial charge in [-0.15, -0.1) is 0 Å². The SMILES string of the molecule is NC1CCN(CC2CC3C=CC2C3)CC1. The van der Waals surface area contributed by atoms with Crippen LogP contribution in [0.15, 0.2) is 12.2 Å². The number of likely N-dealkylation sites (tertiary alicyclic amines) is 1. The fourth-order valence-electron chi connectivity index (χ4n) is 3.57. The van der Waals surface area contributed by atoms with Crippen molar-refractivity contribution in [1.29, 1.82) is 0 Å². The Labute approximate surface area is 92.5 Å². The standard InChI is InChI=1S/C13H22N2/c14-13-3-5-15(6-4-13)9-12-8-10-1-2-11(12)7-10/h1-2,10-13H,3-9,14H2. The van der Waals surface area contributed by atoms with Gasteiger partial charge in [-0.25, -0.2) is 0 Å². The predicted octanol–water partition coefficient (Wildman–Crippen LogP) is 1.62. The minimum absolute atomic E-state index is 0.473. The van der Waals surface area contributed by atoms with Gasteiger partial charge in [0.2, 0.25) is 0 Å². The molecule has 3 atom stereocenters. The molecule has 3 unspecified atom stereocenters. The summed E-state index contributed by atoms with van der Waals surface area (Å²) in [6.07, 6.45) is 10.2. The zero-order chi connectivity index (χ0) is 10.3. The van der Waals surface area contributed by atoms with E-state index in [0.29, 0.717) is 6.04 Å². The van der Waals surface area contributed by atoms with Crippen LogP contribution in [-0.4, -0.2) is 30.6 Å². The summed E-state index contributed by atoms with van der Waals surface area (Å²) >= 11 is 0. The molecule has 2 N–H and O–H groups in total. The Balaban J connectivity index is 1.51. The molecular formula is C13H22N2. The highest BCUT2D eigenvalue weighted by Gasteiger charge is 2.36. The fraction of sp³-hybridized carbons (Fsp3) is 0.846. The summed E-state index contributed by atoms with van der Waals surface area (Å²) in [5, 5.41) is 0. The average molecular weight is 206 g/mol. The number of hydrogen-bond donors (Lipinski definition) is 1. The molecule has 2 nitrogen and oxygen atoms in total. The fourth-order valence-corrected chi connectivity index (χ4v) is 3.57. The van der Waals surface area contributed by atoms with E-state index in [2.05, 4.69) is 17.1 Å². The lowest BCUT2D eigenvalue weighted by atomic mass is 9.92. The molecule has 0 aromatic rings. The summed E-state index contributed by atoms with van der Waals surface area (Å²) in [7, 11) is 0. The van der Waals surface area contributed by atoms with E-state index >= 15 is 0 Å². The second-order valence-electron chi connectivity index (χ2n) is 5.68. The quantitative estimate of drug-likeness (QED) is 0.696. The minimum Gasteiger partial charge on any atom is -0.328 e. The first kappa shape index (κ1) is 9.86. The molecule has 2 aliphatic carbocycles. The van der Waals surface area contributed by atoms with E-state index in [1.165, 1.54) is 45.3 Å². The first-order valence-electron chi connectivity index (χ1n) is 6.47. The van der Waals surface area contributed by atoms with Crippen LogP contribution in [0.1, 0.15) is 25.7 Å². The molecule has 84 valence electrons. The summed E-state index contributed by atoms with van der Waals surface area (Å²) in [6.45, 7) is 3.80. The topological polar surface area (TPSA) is 29.3 Å².